The number of hydrogen-bond donors (Lipinski definition) is 2. The van der Waals surface area contributed by atoms with Gasteiger partial charge >= 0.3 is 5.69 Å². The summed E-state index contributed by atoms with van der Waals surface area (Å²) in [5.74, 6) is 0.0813. The number of H-pyrrole nitrogens is 1. The van der Waals surface area contributed by atoms with Gasteiger partial charge in [-0.2, -0.15) is 0 Å². The monoisotopic (exact) mass is 372 g/mol. The molecule has 2 saturated carbocycles. The summed E-state index contributed by atoms with van der Waals surface area (Å²) in [6.45, 7) is 3.39. The molecule has 3 N–H and O–H groups in total. The molecule has 1 aliphatic heterocycles. The third-order valence-electron chi connectivity index (χ3n) is 6.49. The van der Waals surface area contributed by atoms with Gasteiger partial charge in [0.15, 0.2) is 0 Å². The second kappa shape index (κ2) is 5.67. The third kappa shape index (κ3) is 2.79. The number of nitrogens with two attached hydrogens (primary N) is 1. The van der Waals surface area contributed by atoms with E-state index in [0.29, 0.717) is 22.7 Å². The topological polar surface area (TPSA) is 84.1 Å². The highest BCUT2D eigenvalue weighted by Gasteiger charge is 2.42. The molecule has 1 saturated heterocycles. The first-order valence-corrected chi connectivity index (χ1v) is 9.88. The van der Waals surface area contributed by atoms with Gasteiger partial charge in [0, 0.05) is 30.2 Å². The molecule has 2 aliphatic carbocycles. The first-order chi connectivity index (χ1) is 12.9. The maximum Gasteiger partial charge on any atom is 0.329 e. The van der Waals surface area contributed by atoms with Crippen LogP contribution in [-0.4, -0.2) is 28.2 Å². The van der Waals surface area contributed by atoms with Crippen molar-refractivity contribution in [1.29, 1.82) is 0 Å². The minimum Gasteiger partial charge on any atom is -0.369 e. The van der Waals surface area contributed by atoms with Gasteiger partial charge in [-0.25, -0.2) is 9.18 Å². The van der Waals surface area contributed by atoms with Crippen molar-refractivity contribution < 1.29 is 4.39 Å². The molecule has 5 rings (SSSR count). The first kappa shape index (κ1) is 17.0. The predicted octanol–water partition coefficient (Wildman–Crippen LogP) is 2.18. The summed E-state index contributed by atoms with van der Waals surface area (Å²) in [5, 5.41) is 0.259. The number of hydrogen-bond acceptors (Lipinski definition) is 4. The summed E-state index contributed by atoms with van der Waals surface area (Å²) >= 11 is 0. The Labute approximate surface area is 156 Å². The lowest BCUT2D eigenvalue weighted by atomic mass is 9.98. The number of fused-ring (bicyclic) bond motifs is 1. The number of nitrogens with zero attached hydrogens (tertiary/aromatic N) is 2. The molecular weight excluding hydrogens is 347 g/mol. The van der Waals surface area contributed by atoms with Crippen molar-refractivity contribution in [3.05, 3.63) is 38.3 Å². The molecule has 0 spiro atoms. The first-order valence-electron chi connectivity index (χ1n) is 9.88. The molecule has 1 atom stereocenters. The lowest BCUT2D eigenvalue weighted by Crippen LogP contribution is -2.31. The number of aromatic amines is 1. The molecular formula is C20H25FN4O2. The molecule has 144 valence electrons. The van der Waals surface area contributed by atoms with Crippen molar-refractivity contribution >= 4 is 16.6 Å². The second-order valence-electron chi connectivity index (χ2n) is 8.76. The SMILES string of the molecule is Cc1c(N2CCC(CC3(N)CC3)C2)c(F)cc2c(=O)[nH]c(=O)n(C3CC3)c12. The van der Waals surface area contributed by atoms with E-state index in [0.717, 1.165) is 51.6 Å². The van der Waals surface area contributed by atoms with E-state index in [9.17, 15) is 9.59 Å². The molecule has 0 amide bonds. The molecule has 0 radical (unpaired) electrons. The van der Waals surface area contributed by atoms with Gasteiger partial charge in [0.2, 0.25) is 0 Å². The number of aryl methyl sites for hydroxylation is 1. The second-order valence-corrected chi connectivity index (χ2v) is 8.76. The predicted molar refractivity (Wildman–Crippen MR) is 103 cm³/mol. The average molecular weight is 372 g/mol. The van der Waals surface area contributed by atoms with Gasteiger partial charge in [-0.15, -0.1) is 0 Å². The average Bonchev–Trinajstić information content (AvgIpc) is 3.51. The smallest absolute Gasteiger partial charge is 0.329 e. The van der Waals surface area contributed by atoms with Gasteiger partial charge in [-0.1, -0.05) is 0 Å². The van der Waals surface area contributed by atoms with Crippen molar-refractivity contribution in [2.75, 3.05) is 18.0 Å². The van der Waals surface area contributed by atoms with Gasteiger partial charge in [-0.05, 0) is 57.4 Å². The molecule has 1 unspecified atom stereocenters. The van der Waals surface area contributed by atoms with E-state index < -0.39 is 11.2 Å². The molecule has 2 heterocycles. The number of rotatable bonds is 4. The molecule has 3 aliphatic rings. The van der Waals surface area contributed by atoms with E-state index in [2.05, 4.69) is 9.88 Å². The van der Waals surface area contributed by atoms with Crippen LogP contribution in [0.1, 0.15) is 50.1 Å². The minimum atomic E-state index is -0.515. The zero-order chi connectivity index (χ0) is 18.9. The number of anilines is 1. The van der Waals surface area contributed by atoms with Gasteiger partial charge in [0.05, 0.1) is 16.6 Å². The van der Waals surface area contributed by atoms with Gasteiger partial charge in [-0.3, -0.25) is 14.3 Å². The Balaban J connectivity index is 1.60. The quantitative estimate of drug-likeness (QED) is 0.862. The standard InChI is InChI=1S/C20H25FN4O2/c1-11-16-14(18(26)23-19(27)25(16)13-2-3-13)8-15(21)17(11)24-7-4-12(10-24)9-20(22)5-6-20/h8,12-13H,2-7,9-10,22H2,1H3,(H,23,26,27). The van der Waals surface area contributed by atoms with Crippen molar-refractivity contribution in [1.82, 2.24) is 9.55 Å². The van der Waals surface area contributed by atoms with Gasteiger partial charge in [0.25, 0.3) is 5.56 Å². The molecule has 0 bridgehead atoms. The van der Waals surface area contributed by atoms with Crippen molar-refractivity contribution in [2.45, 2.75) is 57.0 Å². The van der Waals surface area contributed by atoms with Crippen molar-refractivity contribution in [2.24, 2.45) is 11.7 Å². The molecule has 27 heavy (non-hydrogen) atoms. The summed E-state index contributed by atoms with van der Waals surface area (Å²) in [6.07, 6.45) is 5.99. The fourth-order valence-electron chi connectivity index (χ4n) is 4.78. The summed E-state index contributed by atoms with van der Waals surface area (Å²) in [7, 11) is 0. The molecule has 2 aromatic rings. The van der Waals surface area contributed by atoms with Crippen LogP contribution in [0.2, 0.25) is 0 Å². The van der Waals surface area contributed by atoms with Gasteiger partial charge in [0.1, 0.15) is 5.82 Å². The third-order valence-corrected chi connectivity index (χ3v) is 6.49. The highest BCUT2D eigenvalue weighted by atomic mass is 19.1. The van der Waals surface area contributed by atoms with Crippen LogP contribution < -0.4 is 21.9 Å². The van der Waals surface area contributed by atoms with Crippen LogP contribution in [0.25, 0.3) is 10.9 Å². The fourth-order valence-corrected chi connectivity index (χ4v) is 4.78. The maximum atomic E-state index is 15.0. The Morgan fingerprint density at radius 1 is 1.30 bits per heavy atom. The zero-order valence-corrected chi connectivity index (χ0v) is 15.6. The highest BCUT2D eigenvalue weighted by molar-refractivity contribution is 5.87. The van der Waals surface area contributed by atoms with E-state index >= 15 is 4.39 Å². The number of benzene rings is 1. The van der Waals surface area contributed by atoms with E-state index in [1.807, 2.05) is 6.92 Å². The number of nitrogens with one attached hydrogen (secondary N) is 1. The van der Waals surface area contributed by atoms with E-state index in [4.69, 9.17) is 5.73 Å². The largest absolute Gasteiger partial charge is 0.369 e. The minimum absolute atomic E-state index is 0.00258. The molecule has 1 aromatic carbocycles. The van der Waals surface area contributed by atoms with E-state index in [1.165, 1.54) is 6.07 Å². The zero-order valence-electron chi connectivity index (χ0n) is 15.6. The van der Waals surface area contributed by atoms with Crippen LogP contribution >= 0.6 is 0 Å². The summed E-state index contributed by atoms with van der Waals surface area (Å²) in [4.78, 5) is 29.1. The van der Waals surface area contributed by atoms with Crippen LogP contribution in [0.15, 0.2) is 15.7 Å². The Bertz CT molecular complexity index is 1050. The lowest BCUT2D eigenvalue weighted by molar-refractivity contribution is 0.455. The number of aromatic nitrogens is 2. The highest BCUT2D eigenvalue weighted by Crippen LogP contribution is 2.42. The Kier molecular flexibility index (Phi) is 3.57. The molecule has 3 fully saturated rings. The van der Waals surface area contributed by atoms with Crippen LogP contribution in [0.4, 0.5) is 10.1 Å². The summed E-state index contributed by atoms with van der Waals surface area (Å²) in [6, 6.07) is 1.40. The normalized spacial score (nSPS) is 24.0. The number of halogens is 1. The molecule has 6 nitrogen and oxygen atoms in total. The van der Waals surface area contributed by atoms with Crippen LogP contribution in [0.3, 0.4) is 0 Å². The van der Waals surface area contributed by atoms with Crippen molar-refractivity contribution in [3.63, 3.8) is 0 Å². The summed E-state index contributed by atoms with van der Waals surface area (Å²) < 4.78 is 16.7. The Morgan fingerprint density at radius 2 is 2.04 bits per heavy atom. The maximum absolute atomic E-state index is 15.0. The lowest BCUT2D eigenvalue weighted by Gasteiger charge is -2.24. The Hall–Kier alpha value is -2.15. The fraction of sp³-hybridized carbons (Fsp3) is 0.600. The molecule has 7 heteroatoms. The Morgan fingerprint density at radius 3 is 2.70 bits per heavy atom. The molecule has 1 aromatic heterocycles. The van der Waals surface area contributed by atoms with Crippen molar-refractivity contribution in [3.8, 4) is 0 Å². The van der Waals surface area contributed by atoms with Crippen LogP contribution in [0, 0.1) is 18.7 Å². The van der Waals surface area contributed by atoms with Crippen LogP contribution in [-0.2, 0) is 0 Å². The summed E-state index contributed by atoms with van der Waals surface area (Å²) in [5.41, 5.74) is 7.17. The van der Waals surface area contributed by atoms with E-state index in [1.54, 1.807) is 4.57 Å². The van der Waals surface area contributed by atoms with Gasteiger partial charge < -0.3 is 10.6 Å². The van der Waals surface area contributed by atoms with E-state index in [-0.39, 0.29) is 22.8 Å². The van der Waals surface area contributed by atoms with Crippen LogP contribution in [0.5, 0.6) is 0 Å².